The molecule has 0 unspecified atom stereocenters. The Labute approximate surface area is 202 Å². The zero-order chi connectivity index (χ0) is 25.4. The maximum absolute atomic E-state index is 13.5. The van der Waals surface area contributed by atoms with Gasteiger partial charge in [-0.1, -0.05) is 45.0 Å². The van der Waals surface area contributed by atoms with Crippen LogP contribution in [0.25, 0.3) is 5.69 Å². The van der Waals surface area contributed by atoms with Crippen LogP contribution >= 0.6 is 0 Å². The molecule has 0 amide bonds. The lowest BCUT2D eigenvalue weighted by atomic mass is 9.66. The average Bonchev–Trinajstić information content (AvgIpc) is 3.29. The largest absolute Gasteiger partial charge is 0.416 e. The molecule has 4 rings (SSSR count). The number of aromatic nitrogens is 4. The Kier molecular flexibility index (Phi) is 6.42. The third-order valence-corrected chi connectivity index (χ3v) is 7.17. The Morgan fingerprint density at radius 1 is 1.06 bits per heavy atom. The Morgan fingerprint density at radius 2 is 1.74 bits per heavy atom. The minimum atomic E-state index is -4.55. The van der Waals surface area contributed by atoms with E-state index in [-0.39, 0.29) is 11.1 Å². The van der Waals surface area contributed by atoms with Gasteiger partial charge in [0, 0.05) is 0 Å². The second kappa shape index (κ2) is 9.05. The van der Waals surface area contributed by atoms with Crippen molar-refractivity contribution in [2.75, 3.05) is 5.01 Å². The van der Waals surface area contributed by atoms with Crippen LogP contribution in [0.5, 0.6) is 0 Å². The summed E-state index contributed by atoms with van der Waals surface area (Å²) in [5.41, 5.74) is -0.198. The van der Waals surface area contributed by atoms with E-state index in [0.717, 1.165) is 41.2 Å². The molecule has 3 aromatic rings. The van der Waals surface area contributed by atoms with Crippen LogP contribution in [0.15, 0.2) is 53.8 Å². The predicted octanol–water partition coefficient (Wildman–Crippen LogP) is 6.61. The number of nitrogens with zero attached hydrogens (tertiary/aromatic N) is 6. The number of para-hydroxylation sites is 1. The zero-order valence-corrected chi connectivity index (χ0v) is 20.3. The summed E-state index contributed by atoms with van der Waals surface area (Å²) >= 11 is 0. The zero-order valence-electron chi connectivity index (χ0n) is 20.3. The molecule has 1 aliphatic rings. The van der Waals surface area contributed by atoms with E-state index in [1.165, 1.54) is 12.1 Å². The maximum atomic E-state index is 13.5. The highest BCUT2D eigenvalue weighted by Crippen LogP contribution is 2.50. The van der Waals surface area contributed by atoms with E-state index in [0.29, 0.717) is 24.6 Å². The van der Waals surface area contributed by atoms with E-state index in [9.17, 15) is 18.1 Å². The van der Waals surface area contributed by atoms with Gasteiger partial charge in [0.2, 0.25) is 0 Å². The summed E-state index contributed by atoms with van der Waals surface area (Å²) in [5, 5.41) is 16.9. The minimum Gasteiger partial charge on any atom is -0.215 e. The van der Waals surface area contributed by atoms with Crippen LogP contribution in [-0.4, -0.2) is 20.2 Å². The molecule has 10 heteroatoms. The van der Waals surface area contributed by atoms with E-state index < -0.39 is 17.3 Å². The van der Waals surface area contributed by atoms with Crippen LogP contribution in [0.3, 0.4) is 0 Å². The van der Waals surface area contributed by atoms with Crippen molar-refractivity contribution in [3.8, 4) is 5.69 Å². The molecule has 1 saturated carbocycles. The van der Waals surface area contributed by atoms with Gasteiger partial charge in [0.1, 0.15) is 5.54 Å². The van der Waals surface area contributed by atoms with Crippen LogP contribution in [0.4, 0.5) is 18.9 Å². The fourth-order valence-corrected chi connectivity index (χ4v) is 5.12. The van der Waals surface area contributed by atoms with Crippen LogP contribution < -0.4 is 5.01 Å². The van der Waals surface area contributed by atoms with E-state index in [1.807, 2.05) is 31.2 Å². The Bertz CT molecular complexity index is 1190. The quantitative estimate of drug-likeness (QED) is 0.300. The molecular weight excluding hydrogens is 457 g/mol. The van der Waals surface area contributed by atoms with Gasteiger partial charge in [0.05, 0.1) is 22.2 Å². The molecule has 1 fully saturated rings. The van der Waals surface area contributed by atoms with E-state index in [1.54, 1.807) is 4.68 Å². The number of anilines is 1. The Morgan fingerprint density at radius 3 is 2.34 bits per heavy atom. The number of nitroso groups, excluding NO2 is 1. The molecule has 0 bridgehead atoms. The van der Waals surface area contributed by atoms with Crippen molar-refractivity contribution < 1.29 is 13.2 Å². The highest BCUT2D eigenvalue weighted by Gasteiger charge is 2.49. The summed E-state index contributed by atoms with van der Waals surface area (Å²) in [6.45, 7) is 8.44. The highest BCUT2D eigenvalue weighted by atomic mass is 19.4. The molecule has 0 aliphatic heterocycles. The molecule has 0 N–H and O–H groups in total. The fourth-order valence-electron chi connectivity index (χ4n) is 5.12. The first-order valence-electron chi connectivity index (χ1n) is 11.6. The fraction of sp³-hybridized carbons (Fsp3) is 0.480. The molecule has 0 spiro atoms. The normalized spacial score (nSPS) is 21.1. The van der Waals surface area contributed by atoms with Gasteiger partial charge in [0.25, 0.3) is 0 Å². The summed E-state index contributed by atoms with van der Waals surface area (Å²) in [4.78, 5) is 12.4. The highest BCUT2D eigenvalue weighted by molar-refractivity contribution is 5.52. The molecule has 1 aliphatic carbocycles. The van der Waals surface area contributed by atoms with E-state index >= 15 is 0 Å². The van der Waals surface area contributed by atoms with Crippen molar-refractivity contribution in [2.24, 2.45) is 16.6 Å². The van der Waals surface area contributed by atoms with Crippen molar-refractivity contribution in [3.05, 3.63) is 70.4 Å². The van der Waals surface area contributed by atoms with Crippen LogP contribution in [0.2, 0.25) is 0 Å². The summed E-state index contributed by atoms with van der Waals surface area (Å²) < 4.78 is 42.1. The number of aryl methyl sites for hydroxylation is 1. The minimum absolute atomic E-state index is 0.0454. The van der Waals surface area contributed by atoms with Crippen molar-refractivity contribution in [1.29, 1.82) is 0 Å². The molecule has 1 heterocycles. The second-order valence-electron chi connectivity index (χ2n) is 10.3. The summed E-state index contributed by atoms with van der Waals surface area (Å²) in [7, 11) is 0. The first-order chi connectivity index (χ1) is 16.5. The molecule has 186 valence electrons. The number of rotatable bonds is 5. The lowest BCUT2D eigenvalue weighted by Gasteiger charge is -2.46. The van der Waals surface area contributed by atoms with Gasteiger partial charge >= 0.3 is 6.18 Å². The molecule has 0 radical (unpaired) electrons. The summed E-state index contributed by atoms with van der Waals surface area (Å²) in [5.74, 6) is 0.754. The molecule has 1 aromatic heterocycles. The molecule has 0 atom stereocenters. The molecular formula is C25H29F3N6O. The molecule has 0 saturated heterocycles. The molecule has 2 aromatic carbocycles. The maximum Gasteiger partial charge on any atom is 0.416 e. The molecule has 35 heavy (non-hydrogen) atoms. The topological polar surface area (TPSA) is 76.3 Å². The molecule has 7 nitrogen and oxygen atoms in total. The number of hydrogen-bond acceptors (Lipinski definition) is 5. The van der Waals surface area contributed by atoms with Gasteiger partial charge in [-0.3, -0.25) is 0 Å². The van der Waals surface area contributed by atoms with E-state index in [4.69, 9.17) is 0 Å². The lowest BCUT2D eigenvalue weighted by Crippen LogP contribution is -2.49. The van der Waals surface area contributed by atoms with Crippen LogP contribution in [0.1, 0.15) is 63.4 Å². The van der Waals surface area contributed by atoms with Gasteiger partial charge in [-0.05, 0) is 84.2 Å². The number of benzene rings is 2. The standard InChI is InChI=1S/C25H29F3N6O/c1-17-8-5-6-11-21(17)33-22(29-30-31-33)24(14-12-18(13-15-24)23(2,3)4)34(32-35)20-10-7-9-19(16-20)25(26,27)28/h5-11,16,18H,12-15H2,1-4H3. The van der Waals surface area contributed by atoms with Crippen molar-refractivity contribution in [3.63, 3.8) is 0 Å². The number of halogens is 3. The van der Waals surface area contributed by atoms with Gasteiger partial charge in [-0.15, -0.1) is 10.0 Å². The third-order valence-electron chi connectivity index (χ3n) is 7.17. The predicted molar refractivity (Wildman–Crippen MR) is 127 cm³/mol. The van der Waals surface area contributed by atoms with Gasteiger partial charge in [-0.2, -0.15) is 17.9 Å². The number of hydrogen-bond donors (Lipinski definition) is 0. The van der Waals surface area contributed by atoms with Crippen LogP contribution in [0, 0.1) is 23.2 Å². The van der Waals surface area contributed by atoms with Crippen molar-refractivity contribution in [1.82, 2.24) is 20.2 Å². The SMILES string of the molecule is Cc1ccccc1-n1nnnc1C1(N(N=O)c2cccc(C(F)(F)F)c2)CCC(C(C)(C)C)CC1. The number of tetrazole rings is 1. The van der Waals surface area contributed by atoms with Gasteiger partial charge in [0.15, 0.2) is 5.82 Å². The summed E-state index contributed by atoms with van der Waals surface area (Å²) in [6, 6.07) is 12.2. The first-order valence-corrected chi connectivity index (χ1v) is 11.6. The van der Waals surface area contributed by atoms with Crippen molar-refractivity contribution in [2.45, 2.75) is 65.1 Å². The number of alkyl halides is 3. The van der Waals surface area contributed by atoms with Gasteiger partial charge in [-0.25, -0.2) is 5.01 Å². The summed E-state index contributed by atoms with van der Waals surface area (Å²) in [6.07, 6.45) is -2.14. The lowest BCUT2D eigenvalue weighted by molar-refractivity contribution is -0.137. The average molecular weight is 487 g/mol. The van der Waals surface area contributed by atoms with Gasteiger partial charge < -0.3 is 0 Å². The smallest absolute Gasteiger partial charge is 0.215 e. The first kappa shape index (κ1) is 24.8. The Hall–Kier alpha value is -3.30. The van der Waals surface area contributed by atoms with Crippen molar-refractivity contribution >= 4 is 5.69 Å². The third kappa shape index (κ3) is 4.66. The van der Waals surface area contributed by atoms with Crippen LogP contribution in [-0.2, 0) is 11.7 Å². The van der Waals surface area contributed by atoms with E-state index in [2.05, 4.69) is 41.6 Å². The Balaban J connectivity index is 1.87. The monoisotopic (exact) mass is 486 g/mol. The second-order valence-corrected chi connectivity index (χ2v) is 10.3.